The van der Waals surface area contributed by atoms with Crippen LogP contribution in [0.25, 0.3) is 0 Å². The van der Waals surface area contributed by atoms with E-state index in [1.54, 1.807) is 40.8 Å². The Balaban J connectivity index is 2.17. The Labute approximate surface area is 160 Å². The Morgan fingerprint density at radius 2 is 1.88 bits per heavy atom. The summed E-state index contributed by atoms with van der Waals surface area (Å²) in [7, 11) is 1.41. The zero-order chi connectivity index (χ0) is 18.6. The molecule has 0 aliphatic carbocycles. The van der Waals surface area contributed by atoms with E-state index in [1.807, 2.05) is 0 Å². The minimum Gasteiger partial charge on any atom is -0.496 e. The lowest BCUT2D eigenvalue weighted by Crippen LogP contribution is -2.34. The van der Waals surface area contributed by atoms with Crippen molar-refractivity contribution in [3.63, 3.8) is 0 Å². The van der Waals surface area contributed by atoms with Gasteiger partial charge >= 0.3 is 6.18 Å². The topological polar surface area (TPSA) is 50.4 Å². The van der Waals surface area contributed by atoms with E-state index in [-0.39, 0.29) is 16.4 Å². The van der Waals surface area contributed by atoms with E-state index < -0.39 is 17.6 Å². The number of methoxy groups -OCH3 is 1. The summed E-state index contributed by atoms with van der Waals surface area (Å²) in [5.74, 6) is -0.262. The maximum atomic E-state index is 13.1. The molecule has 2 aromatic rings. The highest BCUT2D eigenvalue weighted by Gasteiger charge is 2.34. The molecular weight excluding hydrogens is 468 g/mol. The summed E-state index contributed by atoms with van der Waals surface area (Å²) in [4.78, 5) is 12.2. The van der Waals surface area contributed by atoms with E-state index in [2.05, 4.69) is 10.6 Å². The SMILES string of the molecule is COc1ccccc1C(=O)NC(=S)Nc1ccc(I)cc1C(F)(F)F. The van der Waals surface area contributed by atoms with Crippen LogP contribution in [0.15, 0.2) is 42.5 Å². The number of ether oxygens (including phenoxy) is 1. The molecule has 4 nitrogen and oxygen atoms in total. The number of amides is 1. The third-order valence-corrected chi connectivity index (χ3v) is 3.99. The van der Waals surface area contributed by atoms with Crippen LogP contribution in [-0.2, 0) is 6.18 Å². The number of thiocarbonyl (C=S) groups is 1. The van der Waals surface area contributed by atoms with Crippen LogP contribution in [0, 0.1) is 3.57 Å². The average Bonchev–Trinajstić information content (AvgIpc) is 2.55. The highest BCUT2D eigenvalue weighted by molar-refractivity contribution is 14.1. The quantitative estimate of drug-likeness (QED) is 0.504. The summed E-state index contributed by atoms with van der Waals surface area (Å²) in [5, 5.41) is 4.52. The molecule has 2 N–H and O–H groups in total. The van der Waals surface area contributed by atoms with Gasteiger partial charge in [-0.3, -0.25) is 10.1 Å². The second kappa shape index (κ2) is 8.00. The Kier molecular flexibility index (Phi) is 6.22. The molecule has 0 unspecified atom stereocenters. The molecule has 0 aromatic heterocycles. The van der Waals surface area contributed by atoms with E-state index in [4.69, 9.17) is 17.0 Å². The molecule has 9 heteroatoms. The Morgan fingerprint density at radius 3 is 2.52 bits per heavy atom. The van der Waals surface area contributed by atoms with Gasteiger partial charge in [0, 0.05) is 3.57 Å². The lowest BCUT2D eigenvalue weighted by molar-refractivity contribution is -0.137. The summed E-state index contributed by atoms with van der Waals surface area (Å²) in [5.41, 5.74) is -0.890. The van der Waals surface area contributed by atoms with Gasteiger partial charge in [-0.2, -0.15) is 13.2 Å². The number of hydrogen-bond acceptors (Lipinski definition) is 3. The molecule has 0 radical (unpaired) electrons. The normalized spacial score (nSPS) is 10.9. The summed E-state index contributed by atoms with van der Waals surface area (Å²) in [6.07, 6.45) is -4.55. The van der Waals surface area contributed by atoms with Crippen molar-refractivity contribution in [2.75, 3.05) is 12.4 Å². The molecule has 132 valence electrons. The third-order valence-electron chi connectivity index (χ3n) is 3.11. The van der Waals surface area contributed by atoms with Gasteiger partial charge in [0.25, 0.3) is 5.91 Å². The zero-order valence-corrected chi connectivity index (χ0v) is 15.8. The standard InChI is InChI=1S/C16H12F3IN2O2S/c1-24-13-5-3-2-4-10(13)14(23)22-15(25)21-12-7-6-9(20)8-11(12)16(17,18)19/h2-8H,1H3,(H2,21,22,23,25). The number of rotatable bonds is 3. The highest BCUT2D eigenvalue weighted by atomic mass is 127. The molecule has 0 fully saturated rings. The molecule has 1 amide bonds. The number of alkyl halides is 3. The van der Waals surface area contributed by atoms with E-state index in [0.29, 0.717) is 9.32 Å². The summed E-state index contributed by atoms with van der Waals surface area (Å²) in [6, 6.07) is 10.2. The van der Waals surface area contributed by atoms with E-state index in [9.17, 15) is 18.0 Å². The van der Waals surface area contributed by atoms with Crippen molar-refractivity contribution in [2.24, 2.45) is 0 Å². The van der Waals surface area contributed by atoms with Crippen molar-refractivity contribution in [3.8, 4) is 5.75 Å². The maximum Gasteiger partial charge on any atom is 0.418 e. The van der Waals surface area contributed by atoms with Crippen LogP contribution in [0.5, 0.6) is 5.75 Å². The van der Waals surface area contributed by atoms with Gasteiger partial charge in [0.2, 0.25) is 0 Å². The highest BCUT2D eigenvalue weighted by Crippen LogP contribution is 2.35. The molecule has 0 aliphatic heterocycles. The fourth-order valence-corrected chi connectivity index (χ4v) is 2.71. The number of carbonyl (C=O) groups is 1. The number of carbonyl (C=O) groups excluding carboxylic acids is 1. The molecule has 25 heavy (non-hydrogen) atoms. The fourth-order valence-electron chi connectivity index (χ4n) is 2.02. The van der Waals surface area contributed by atoms with Crippen LogP contribution < -0.4 is 15.4 Å². The number of hydrogen-bond donors (Lipinski definition) is 2. The first-order chi connectivity index (χ1) is 11.7. The van der Waals surface area contributed by atoms with E-state index >= 15 is 0 Å². The first-order valence-corrected chi connectivity index (χ1v) is 8.33. The van der Waals surface area contributed by atoms with Gasteiger partial charge in [0.15, 0.2) is 5.11 Å². The number of nitrogens with one attached hydrogen (secondary N) is 2. The largest absolute Gasteiger partial charge is 0.496 e. The summed E-state index contributed by atoms with van der Waals surface area (Å²) < 4.78 is 44.8. The molecule has 0 bridgehead atoms. The fraction of sp³-hybridized carbons (Fsp3) is 0.125. The molecule has 0 saturated heterocycles. The van der Waals surface area contributed by atoms with Crippen molar-refractivity contribution >= 4 is 51.5 Å². The Morgan fingerprint density at radius 1 is 1.20 bits per heavy atom. The molecule has 0 saturated carbocycles. The van der Waals surface area contributed by atoms with Crippen LogP contribution >= 0.6 is 34.8 Å². The minimum absolute atomic E-state index is 0.216. The first-order valence-electron chi connectivity index (χ1n) is 6.84. The smallest absolute Gasteiger partial charge is 0.418 e. The second-order valence-corrected chi connectivity index (χ2v) is 6.45. The summed E-state index contributed by atoms with van der Waals surface area (Å²) in [6.45, 7) is 0. The minimum atomic E-state index is -4.55. The van der Waals surface area contributed by atoms with Crippen LogP contribution in [0.3, 0.4) is 0 Å². The lowest BCUT2D eigenvalue weighted by Gasteiger charge is -2.16. The van der Waals surface area contributed by atoms with Gasteiger partial charge in [-0.25, -0.2) is 0 Å². The van der Waals surface area contributed by atoms with Crippen molar-refractivity contribution in [3.05, 3.63) is 57.2 Å². The maximum absolute atomic E-state index is 13.1. The van der Waals surface area contributed by atoms with Crippen LogP contribution in [0.4, 0.5) is 18.9 Å². The van der Waals surface area contributed by atoms with Gasteiger partial charge in [0.05, 0.1) is 23.9 Å². The van der Waals surface area contributed by atoms with Crippen LogP contribution in [-0.4, -0.2) is 18.1 Å². The van der Waals surface area contributed by atoms with Crippen molar-refractivity contribution in [2.45, 2.75) is 6.18 Å². The predicted octanol–water partition coefficient (Wildman–Crippen LogP) is 4.45. The van der Waals surface area contributed by atoms with Gasteiger partial charge in [-0.1, -0.05) is 12.1 Å². The Hall–Kier alpha value is -1.88. The van der Waals surface area contributed by atoms with Crippen molar-refractivity contribution < 1.29 is 22.7 Å². The Bertz CT molecular complexity index is 812. The number of para-hydroxylation sites is 1. The first kappa shape index (κ1) is 19.4. The van der Waals surface area contributed by atoms with Gasteiger partial charge in [0.1, 0.15) is 5.75 Å². The van der Waals surface area contributed by atoms with Crippen LogP contribution in [0.1, 0.15) is 15.9 Å². The van der Waals surface area contributed by atoms with Crippen molar-refractivity contribution in [1.29, 1.82) is 0 Å². The molecule has 2 rings (SSSR count). The van der Waals surface area contributed by atoms with Crippen LogP contribution in [0.2, 0.25) is 0 Å². The molecule has 0 aliphatic rings. The number of benzene rings is 2. The summed E-state index contributed by atoms with van der Waals surface area (Å²) >= 11 is 6.74. The zero-order valence-electron chi connectivity index (χ0n) is 12.8. The van der Waals surface area contributed by atoms with E-state index in [1.165, 1.54) is 25.3 Å². The van der Waals surface area contributed by atoms with Crippen molar-refractivity contribution in [1.82, 2.24) is 5.32 Å². The molecule has 0 spiro atoms. The second-order valence-electron chi connectivity index (χ2n) is 4.80. The van der Waals surface area contributed by atoms with Gasteiger partial charge < -0.3 is 10.1 Å². The molecule has 0 atom stereocenters. The monoisotopic (exact) mass is 480 g/mol. The van der Waals surface area contributed by atoms with E-state index in [0.717, 1.165) is 6.07 Å². The molecular formula is C16H12F3IN2O2S. The van der Waals surface area contributed by atoms with Gasteiger partial charge in [-0.15, -0.1) is 0 Å². The number of halogens is 4. The third kappa shape index (κ3) is 5.05. The average molecular weight is 480 g/mol. The number of anilines is 1. The van der Waals surface area contributed by atoms with Gasteiger partial charge in [-0.05, 0) is 65.1 Å². The molecule has 0 heterocycles. The lowest BCUT2D eigenvalue weighted by atomic mass is 10.1. The predicted molar refractivity (Wildman–Crippen MR) is 101 cm³/mol. The molecule has 2 aromatic carbocycles.